The molecule has 1 aliphatic rings. The summed E-state index contributed by atoms with van der Waals surface area (Å²) >= 11 is 0. The minimum atomic E-state index is -1.86. The smallest absolute Gasteiger partial charge is 0.335 e. The lowest BCUT2D eigenvalue weighted by molar-refractivity contribution is -0.271. The van der Waals surface area contributed by atoms with E-state index in [1.807, 2.05) is 19.9 Å². The summed E-state index contributed by atoms with van der Waals surface area (Å²) in [6, 6.07) is 2.74. The van der Waals surface area contributed by atoms with Crippen LogP contribution in [0, 0.1) is 0 Å². The highest BCUT2D eigenvalue weighted by Crippen LogP contribution is 2.40. The third-order valence-corrected chi connectivity index (χ3v) is 3.97. The van der Waals surface area contributed by atoms with Gasteiger partial charge >= 0.3 is 5.97 Å². The summed E-state index contributed by atoms with van der Waals surface area (Å²) in [5, 5.41) is 58.4. The molecule has 9 heteroatoms. The molecule has 26 heavy (non-hydrogen) atoms. The molecule has 0 aromatic heterocycles. The average molecular weight is 370 g/mol. The van der Waals surface area contributed by atoms with Gasteiger partial charge in [-0.3, -0.25) is 0 Å². The van der Waals surface area contributed by atoms with Crippen LogP contribution in [0.2, 0.25) is 0 Å². The number of benzene rings is 1. The van der Waals surface area contributed by atoms with Crippen molar-refractivity contribution in [3.8, 4) is 17.2 Å². The molecule has 1 aliphatic heterocycles. The molecule has 0 amide bonds. The number of ether oxygens (including phenoxy) is 2. The number of allylic oxidation sites excluding steroid dienone is 2. The second-order valence-electron chi connectivity index (χ2n) is 6.26. The topological polar surface area (TPSA) is 157 Å². The Kier molecular flexibility index (Phi) is 6.09. The van der Waals surface area contributed by atoms with E-state index in [0.717, 1.165) is 5.57 Å². The Morgan fingerprint density at radius 2 is 1.81 bits per heavy atom. The molecule has 1 heterocycles. The first-order valence-electron chi connectivity index (χ1n) is 7.89. The van der Waals surface area contributed by atoms with Crippen molar-refractivity contribution in [3.05, 3.63) is 29.3 Å². The van der Waals surface area contributed by atoms with Gasteiger partial charge in [0.2, 0.25) is 12.0 Å². The van der Waals surface area contributed by atoms with Crippen LogP contribution in [0.5, 0.6) is 17.2 Å². The molecule has 1 fully saturated rings. The molecule has 1 aromatic rings. The number of aromatic hydroxyl groups is 2. The van der Waals surface area contributed by atoms with Crippen molar-refractivity contribution in [1.82, 2.24) is 0 Å². The summed E-state index contributed by atoms with van der Waals surface area (Å²) in [6.45, 7) is 3.73. The van der Waals surface area contributed by atoms with Crippen molar-refractivity contribution in [3.63, 3.8) is 0 Å². The third kappa shape index (κ3) is 4.07. The van der Waals surface area contributed by atoms with Crippen molar-refractivity contribution in [2.45, 2.75) is 51.0 Å². The lowest BCUT2D eigenvalue weighted by Gasteiger charge is -2.38. The highest BCUT2D eigenvalue weighted by Gasteiger charge is 2.48. The number of rotatable bonds is 5. The second-order valence-corrected chi connectivity index (χ2v) is 6.26. The zero-order valence-electron chi connectivity index (χ0n) is 14.2. The van der Waals surface area contributed by atoms with Crippen LogP contribution in [0.15, 0.2) is 23.8 Å². The molecule has 0 spiro atoms. The molecule has 0 aliphatic carbocycles. The third-order valence-electron chi connectivity index (χ3n) is 3.97. The van der Waals surface area contributed by atoms with Crippen LogP contribution in [-0.2, 0) is 16.0 Å². The predicted molar refractivity (Wildman–Crippen MR) is 87.9 cm³/mol. The van der Waals surface area contributed by atoms with Crippen molar-refractivity contribution < 1.29 is 44.9 Å². The number of aliphatic hydroxyl groups is 3. The lowest BCUT2D eigenvalue weighted by atomic mass is 9.99. The lowest BCUT2D eigenvalue weighted by Crippen LogP contribution is -2.61. The van der Waals surface area contributed by atoms with Crippen molar-refractivity contribution in [2.24, 2.45) is 0 Å². The van der Waals surface area contributed by atoms with E-state index < -0.39 is 48.2 Å². The number of phenols is 2. The highest BCUT2D eigenvalue weighted by molar-refractivity contribution is 5.73. The van der Waals surface area contributed by atoms with Crippen LogP contribution in [0.3, 0.4) is 0 Å². The van der Waals surface area contributed by atoms with Gasteiger partial charge < -0.3 is 40.1 Å². The average Bonchev–Trinajstić information content (AvgIpc) is 2.57. The number of aliphatic carboxylic acids is 1. The molecule has 0 radical (unpaired) electrons. The fourth-order valence-corrected chi connectivity index (χ4v) is 2.47. The summed E-state index contributed by atoms with van der Waals surface area (Å²) in [5.41, 5.74) is 1.42. The molecule has 0 saturated carbocycles. The maximum absolute atomic E-state index is 11.1. The quantitative estimate of drug-likeness (QED) is 0.307. The Bertz CT molecular complexity index is 696. The number of carbonyl (C=O) groups is 1. The van der Waals surface area contributed by atoms with E-state index in [4.69, 9.17) is 14.6 Å². The Morgan fingerprint density at radius 3 is 2.38 bits per heavy atom. The van der Waals surface area contributed by atoms with Crippen LogP contribution in [0.4, 0.5) is 0 Å². The molecular formula is C17H22O9. The zero-order valence-corrected chi connectivity index (χ0v) is 14.2. The molecule has 1 aromatic carbocycles. The monoisotopic (exact) mass is 370 g/mol. The van der Waals surface area contributed by atoms with Gasteiger partial charge in [-0.1, -0.05) is 17.7 Å². The predicted octanol–water partition coefficient (Wildman–Crippen LogP) is -0.123. The van der Waals surface area contributed by atoms with E-state index >= 15 is 0 Å². The summed E-state index contributed by atoms with van der Waals surface area (Å²) in [5.74, 6) is -2.88. The fourth-order valence-electron chi connectivity index (χ4n) is 2.47. The van der Waals surface area contributed by atoms with Crippen LogP contribution in [0.25, 0.3) is 0 Å². The van der Waals surface area contributed by atoms with Crippen LogP contribution >= 0.6 is 0 Å². The summed E-state index contributed by atoms with van der Waals surface area (Å²) in [6.07, 6.45) is -6.84. The number of hydrogen-bond donors (Lipinski definition) is 6. The maximum Gasteiger partial charge on any atom is 0.335 e. The standard InChI is InChI=1S/C17H22O9/c1-7(2)3-4-8-5-6-9(18)10(19)14(8)25-17-13(22)11(20)12(21)15(26-17)16(23)24/h3,5-6,11-13,15,17-22H,4H2,1-2H3,(H,23,24). The van der Waals surface area contributed by atoms with E-state index in [2.05, 4.69) is 0 Å². The van der Waals surface area contributed by atoms with Crippen molar-refractivity contribution >= 4 is 5.97 Å². The van der Waals surface area contributed by atoms with Gasteiger partial charge in [0.1, 0.15) is 18.3 Å². The minimum absolute atomic E-state index is 0.223. The van der Waals surface area contributed by atoms with Gasteiger partial charge in [-0.05, 0) is 26.3 Å². The van der Waals surface area contributed by atoms with Crippen LogP contribution in [-0.4, -0.2) is 67.3 Å². The van der Waals surface area contributed by atoms with Crippen molar-refractivity contribution in [1.29, 1.82) is 0 Å². The second kappa shape index (κ2) is 7.92. The Morgan fingerprint density at radius 1 is 1.15 bits per heavy atom. The molecule has 1 saturated heterocycles. The first-order chi connectivity index (χ1) is 12.1. The first kappa shape index (κ1) is 20.0. The Labute approximate surface area is 149 Å². The number of hydrogen-bond acceptors (Lipinski definition) is 8. The van der Waals surface area contributed by atoms with Crippen molar-refractivity contribution in [2.75, 3.05) is 0 Å². The molecule has 9 nitrogen and oxygen atoms in total. The molecule has 5 unspecified atom stereocenters. The van der Waals surface area contributed by atoms with E-state index in [0.29, 0.717) is 12.0 Å². The number of phenolic OH excluding ortho intramolecular Hbond substituents is 2. The molecule has 0 bridgehead atoms. The van der Waals surface area contributed by atoms with E-state index in [9.17, 15) is 30.3 Å². The van der Waals surface area contributed by atoms with E-state index in [1.54, 1.807) is 0 Å². The molecular weight excluding hydrogens is 348 g/mol. The van der Waals surface area contributed by atoms with Crippen LogP contribution < -0.4 is 4.74 Å². The first-order valence-corrected chi connectivity index (χ1v) is 7.89. The highest BCUT2D eigenvalue weighted by atomic mass is 16.7. The Balaban J connectivity index is 2.35. The molecule has 5 atom stereocenters. The molecule has 2 rings (SSSR count). The largest absolute Gasteiger partial charge is 0.504 e. The van der Waals surface area contributed by atoms with Gasteiger partial charge in [-0.2, -0.15) is 0 Å². The van der Waals surface area contributed by atoms with Gasteiger partial charge in [0.25, 0.3) is 0 Å². The van der Waals surface area contributed by atoms with Gasteiger partial charge in [0.05, 0.1) is 0 Å². The normalized spacial score (nSPS) is 28.4. The van der Waals surface area contributed by atoms with Gasteiger partial charge in [-0.25, -0.2) is 4.79 Å². The van der Waals surface area contributed by atoms with Gasteiger partial charge in [-0.15, -0.1) is 0 Å². The number of carboxylic acids is 1. The number of carboxylic acid groups (broad SMARTS) is 1. The zero-order chi connectivity index (χ0) is 19.6. The summed E-state index contributed by atoms with van der Waals surface area (Å²) in [7, 11) is 0. The fraction of sp³-hybridized carbons (Fsp3) is 0.471. The minimum Gasteiger partial charge on any atom is -0.504 e. The SMILES string of the molecule is CC(C)=CCc1ccc(O)c(O)c1OC1OC(C(=O)O)C(O)C(O)C1O. The van der Waals surface area contributed by atoms with Gasteiger partial charge in [0, 0.05) is 5.56 Å². The Hall–Kier alpha value is -2.33. The van der Waals surface area contributed by atoms with Crippen LogP contribution in [0.1, 0.15) is 19.4 Å². The van der Waals surface area contributed by atoms with Gasteiger partial charge in [0.15, 0.2) is 17.6 Å². The van der Waals surface area contributed by atoms with E-state index in [1.165, 1.54) is 12.1 Å². The summed E-state index contributed by atoms with van der Waals surface area (Å²) in [4.78, 5) is 11.1. The molecule has 144 valence electrons. The number of aliphatic hydroxyl groups excluding tert-OH is 3. The molecule has 6 N–H and O–H groups in total. The summed E-state index contributed by atoms with van der Waals surface area (Å²) < 4.78 is 10.4. The van der Waals surface area contributed by atoms with E-state index in [-0.39, 0.29) is 5.75 Å². The maximum atomic E-state index is 11.1.